The smallest absolute Gasteiger partial charge is 0.243 e. The summed E-state index contributed by atoms with van der Waals surface area (Å²) in [4.78, 5) is 45.4. The van der Waals surface area contributed by atoms with Gasteiger partial charge in [-0.2, -0.15) is 0 Å². The number of likely N-dealkylation sites (N-methyl/N-ethyl adjacent to an activating group) is 1. The first-order valence-corrected chi connectivity index (χ1v) is 20.9. The van der Waals surface area contributed by atoms with Crippen molar-refractivity contribution in [3.63, 3.8) is 0 Å². The second-order valence-electron chi connectivity index (χ2n) is 16.0. The van der Waals surface area contributed by atoms with Crippen molar-refractivity contribution in [2.45, 2.75) is 57.2 Å². The first-order valence-electron chi connectivity index (χ1n) is 20.9. The van der Waals surface area contributed by atoms with E-state index in [-0.39, 0.29) is 23.6 Å². The Hall–Kier alpha value is -5.59. The van der Waals surface area contributed by atoms with Crippen LogP contribution in [0.15, 0.2) is 91.0 Å². The minimum absolute atomic E-state index is 0.229. The van der Waals surface area contributed by atoms with Gasteiger partial charge in [-0.05, 0) is 86.5 Å². The van der Waals surface area contributed by atoms with E-state index in [0.29, 0.717) is 37.5 Å². The number of nitrogens with zero attached hydrogens (tertiary/aromatic N) is 4. The number of hydrogen-bond acceptors (Lipinski definition) is 11. The number of imide groups is 1. The zero-order chi connectivity index (χ0) is 41.1. The van der Waals surface area contributed by atoms with Crippen molar-refractivity contribution in [2.24, 2.45) is 5.92 Å². The summed E-state index contributed by atoms with van der Waals surface area (Å²) >= 11 is 0. The Balaban J connectivity index is 0.000000254. The molecule has 59 heavy (non-hydrogen) atoms. The van der Waals surface area contributed by atoms with Crippen LogP contribution in [0.5, 0.6) is 23.0 Å². The van der Waals surface area contributed by atoms with Crippen molar-refractivity contribution < 1.29 is 33.7 Å². The van der Waals surface area contributed by atoms with Crippen LogP contribution in [0.1, 0.15) is 53.6 Å². The number of anilines is 2. The number of fused-ring (bicyclic) bond motifs is 4. The summed E-state index contributed by atoms with van der Waals surface area (Å²) in [5.41, 5.74) is 4.90. The van der Waals surface area contributed by atoms with E-state index in [9.17, 15) is 14.4 Å². The molecule has 0 saturated carbocycles. The van der Waals surface area contributed by atoms with E-state index in [1.165, 1.54) is 24.1 Å². The molecule has 312 valence electrons. The lowest BCUT2D eigenvalue weighted by Crippen LogP contribution is -2.58. The molecule has 0 spiro atoms. The molecule has 0 radical (unpaired) electrons. The van der Waals surface area contributed by atoms with E-state index in [0.717, 1.165) is 93.5 Å². The largest absolute Gasteiger partial charge is 0.508 e. The maximum atomic E-state index is 12.4. The number of rotatable bonds is 8. The molecule has 2 amide bonds. The number of amides is 2. The lowest BCUT2D eigenvalue weighted by atomic mass is 9.94. The van der Waals surface area contributed by atoms with E-state index in [1.807, 2.05) is 66.5 Å². The van der Waals surface area contributed by atoms with Gasteiger partial charge in [0.1, 0.15) is 29.6 Å². The highest BCUT2D eigenvalue weighted by molar-refractivity contribution is 6.00. The number of nitrogens with one attached hydrogen (secondary N) is 1. The highest BCUT2D eigenvalue weighted by Gasteiger charge is 2.36. The number of carbonyl (C=O) groups excluding carboxylic acids is 3. The van der Waals surface area contributed by atoms with Crippen molar-refractivity contribution >= 4 is 29.5 Å². The fourth-order valence-corrected chi connectivity index (χ4v) is 8.69. The standard InChI is InChI=1S/C32H41N5O5.C9H10O2.C6H6/c1-34(28-6-7-31(39)33-32(28)40)18-23-14-29-30(15-24(23)20-38)42-21-26-19-35(12-13-37(26)29)17-22-8-10-36(11-9-22)25-4-3-5-27(16-25)41-2;10-8-4-3-7-2-1-5-11-9(7)6-8;1-2-4-6-5-3-1/h3-5,14-16,20,22,26,28H,6-13,17-19,21H2,1-2H3,(H,33,39,40);3-4,6,10H,1-2,5H2;1-6H. The summed E-state index contributed by atoms with van der Waals surface area (Å²) in [5.74, 6) is 2.96. The topological polar surface area (TPSA) is 124 Å². The Morgan fingerprint density at radius 3 is 2.39 bits per heavy atom. The van der Waals surface area contributed by atoms with Crippen molar-refractivity contribution in [2.75, 3.05) is 76.4 Å². The molecule has 2 N–H and O–H groups in total. The number of carbonyl (C=O) groups is 3. The predicted molar refractivity (Wildman–Crippen MR) is 229 cm³/mol. The van der Waals surface area contributed by atoms with Crippen LogP contribution < -0.4 is 29.3 Å². The third-order valence-corrected chi connectivity index (χ3v) is 11.9. The molecule has 5 aliphatic rings. The summed E-state index contributed by atoms with van der Waals surface area (Å²) < 4.78 is 17.0. The number of piperidine rings is 2. The maximum absolute atomic E-state index is 12.4. The SMILES string of the molecule is COc1cccc(N2CCC(CN3CCN4c5cc(CN(C)C6CCC(=O)NC6=O)c(C=O)cc5OCC4C3)CC2)c1.Oc1ccc2c(c1)OCCC2.c1ccccc1. The number of aryl methyl sites for hydroxylation is 1. The van der Waals surface area contributed by atoms with E-state index in [1.54, 1.807) is 19.2 Å². The van der Waals surface area contributed by atoms with Gasteiger partial charge < -0.3 is 29.1 Å². The van der Waals surface area contributed by atoms with Crippen LogP contribution in [0.3, 0.4) is 0 Å². The fourth-order valence-electron chi connectivity index (χ4n) is 8.69. The highest BCUT2D eigenvalue weighted by atomic mass is 16.5. The van der Waals surface area contributed by atoms with Crippen LogP contribution in [0.25, 0.3) is 0 Å². The second kappa shape index (κ2) is 19.9. The Morgan fingerprint density at radius 1 is 0.881 bits per heavy atom. The number of phenolic OH excluding ortho intramolecular Hbond substituents is 1. The predicted octanol–water partition coefficient (Wildman–Crippen LogP) is 5.95. The Kier molecular flexibility index (Phi) is 14.0. The molecule has 0 aliphatic carbocycles. The zero-order valence-corrected chi connectivity index (χ0v) is 34.3. The van der Waals surface area contributed by atoms with Crippen LogP contribution >= 0.6 is 0 Å². The molecule has 4 aromatic carbocycles. The number of ether oxygens (including phenoxy) is 3. The van der Waals surface area contributed by atoms with E-state index >= 15 is 0 Å². The van der Waals surface area contributed by atoms with E-state index in [4.69, 9.17) is 19.3 Å². The van der Waals surface area contributed by atoms with Crippen LogP contribution in [-0.2, 0) is 22.6 Å². The Morgan fingerprint density at radius 2 is 1.66 bits per heavy atom. The molecule has 3 fully saturated rings. The number of benzene rings is 4. The number of aromatic hydroxyl groups is 1. The molecule has 9 rings (SSSR count). The molecule has 2 atom stereocenters. The number of aldehydes is 1. The fraction of sp³-hybridized carbons (Fsp3) is 0.426. The monoisotopic (exact) mass is 803 g/mol. The summed E-state index contributed by atoms with van der Waals surface area (Å²) in [5, 5.41) is 11.5. The molecular weight excluding hydrogens is 747 g/mol. The first-order chi connectivity index (χ1) is 28.8. The van der Waals surface area contributed by atoms with Gasteiger partial charge in [0, 0.05) is 75.6 Å². The number of piperazine rings is 1. The first kappa shape index (κ1) is 41.6. The normalized spacial score (nSPS) is 20.2. The van der Waals surface area contributed by atoms with E-state index in [2.05, 4.69) is 44.3 Å². The molecule has 0 aromatic heterocycles. The maximum Gasteiger partial charge on any atom is 0.243 e. The Bertz CT molecular complexity index is 2010. The molecule has 3 saturated heterocycles. The molecular formula is C47H57N5O7. The summed E-state index contributed by atoms with van der Waals surface area (Å²) in [6, 6.07) is 29.4. The van der Waals surface area contributed by atoms with Crippen LogP contribution in [0.2, 0.25) is 0 Å². The zero-order valence-electron chi connectivity index (χ0n) is 34.3. The van der Waals surface area contributed by atoms with Crippen LogP contribution in [0.4, 0.5) is 11.4 Å². The average Bonchev–Trinajstić information content (AvgIpc) is 3.27. The summed E-state index contributed by atoms with van der Waals surface area (Å²) in [6.07, 6.45) is 6.18. The molecule has 12 nitrogen and oxygen atoms in total. The molecule has 2 unspecified atom stereocenters. The quantitative estimate of drug-likeness (QED) is 0.162. The van der Waals surface area contributed by atoms with Gasteiger partial charge in [-0.25, -0.2) is 0 Å². The minimum atomic E-state index is -0.395. The number of methoxy groups -OCH3 is 1. The summed E-state index contributed by atoms with van der Waals surface area (Å²) in [6.45, 7) is 7.90. The average molecular weight is 804 g/mol. The van der Waals surface area contributed by atoms with Crippen LogP contribution in [0, 0.1) is 5.92 Å². The lowest BCUT2D eigenvalue weighted by molar-refractivity contribution is -0.137. The van der Waals surface area contributed by atoms with Crippen molar-refractivity contribution in [3.05, 3.63) is 108 Å². The molecule has 0 bridgehead atoms. The minimum Gasteiger partial charge on any atom is -0.508 e. The van der Waals surface area contributed by atoms with Crippen LogP contribution in [-0.4, -0.2) is 112 Å². The van der Waals surface area contributed by atoms with E-state index < -0.39 is 6.04 Å². The van der Waals surface area contributed by atoms with Crippen molar-refractivity contribution in [3.8, 4) is 23.0 Å². The molecule has 12 heteroatoms. The van der Waals surface area contributed by atoms with Gasteiger partial charge in [0.25, 0.3) is 0 Å². The van der Waals surface area contributed by atoms with Gasteiger partial charge in [-0.15, -0.1) is 0 Å². The second-order valence-corrected chi connectivity index (χ2v) is 16.0. The number of hydrogen-bond donors (Lipinski definition) is 2. The summed E-state index contributed by atoms with van der Waals surface area (Å²) in [7, 11) is 3.58. The van der Waals surface area contributed by atoms with Gasteiger partial charge >= 0.3 is 0 Å². The van der Waals surface area contributed by atoms with Gasteiger partial charge in [-0.1, -0.05) is 48.5 Å². The third kappa shape index (κ3) is 10.7. The van der Waals surface area contributed by atoms with Crippen molar-refractivity contribution in [1.29, 1.82) is 0 Å². The lowest BCUT2D eigenvalue weighted by Gasteiger charge is -2.47. The molecule has 5 aliphatic heterocycles. The van der Waals surface area contributed by atoms with Crippen molar-refractivity contribution in [1.82, 2.24) is 15.1 Å². The third-order valence-electron chi connectivity index (χ3n) is 11.9. The van der Waals surface area contributed by atoms with Gasteiger partial charge in [0.15, 0.2) is 6.29 Å². The molecule has 4 aromatic rings. The number of phenols is 1. The van der Waals surface area contributed by atoms with Gasteiger partial charge in [0.05, 0.1) is 31.5 Å². The Labute approximate surface area is 347 Å². The van der Waals surface area contributed by atoms with Gasteiger partial charge in [0.2, 0.25) is 11.8 Å². The molecule has 5 heterocycles. The van der Waals surface area contributed by atoms with Gasteiger partial charge in [-0.3, -0.25) is 29.5 Å². The highest BCUT2D eigenvalue weighted by Crippen LogP contribution is 2.38.